The molecular formula is C17H28N2. The van der Waals surface area contributed by atoms with Crippen LogP contribution in [0.5, 0.6) is 0 Å². The van der Waals surface area contributed by atoms with Gasteiger partial charge in [-0.05, 0) is 44.8 Å². The van der Waals surface area contributed by atoms with Crippen LogP contribution in [-0.2, 0) is 0 Å². The van der Waals surface area contributed by atoms with Gasteiger partial charge in [-0.2, -0.15) is 0 Å². The van der Waals surface area contributed by atoms with Crippen LogP contribution in [0, 0.1) is 0 Å². The second-order valence-corrected chi connectivity index (χ2v) is 5.75. The molecule has 106 valence electrons. The third kappa shape index (κ3) is 4.32. The molecule has 0 saturated carbocycles. The highest BCUT2D eigenvalue weighted by molar-refractivity contribution is 5.18. The van der Waals surface area contributed by atoms with E-state index in [-0.39, 0.29) is 0 Å². The maximum atomic E-state index is 3.77. The summed E-state index contributed by atoms with van der Waals surface area (Å²) in [5.41, 5.74) is 1.43. The fourth-order valence-corrected chi connectivity index (χ4v) is 2.98. The summed E-state index contributed by atoms with van der Waals surface area (Å²) in [6.45, 7) is 8.28. The molecule has 1 aromatic rings. The monoisotopic (exact) mass is 260 g/mol. The minimum absolute atomic E-state index is 0.510. The van der Waals surface area contributed by atoms with Crippen LogP contribution in [0.15, 0.2) is 30.3 Å². The molecule has 1 aliphatic heterocycles. The summed E-state index contributed by atoms with van der Waals surface area (Å²) in [5, 5.41) is 3.77. The lowest BCUT2D eigenvalue weighted by Crippen LogP contribution is -2.39. The molecule has 2 unspecified atom stereocenters. The molecule has 0 aromatic heterocycles. The van der Waals surface area contributed by atoms with Crippen LogP contribution in [0.25, 0.3) is 0 Å². The second kappa shape index (κ2) is 7.66. The molecule has 0 bridgehead atoms. The zero-order valence-electron chi connectivity index (χ0n) is 12.4. The van der Waals surface area contributed by atoms with Gasteiger partial charge in [-0.25, -0.2) is 0 Å². The molecule has 1 N–H and O–H groups in total. The summed E-state index contributed by atoms with van der Waals surface area (Å²) in [4.78, 5) is 2.61. The Hall–Kier alpha value is -0.860. The molecule has 0 radical (unpaired) electrons. The highest BCUT2D eigenvalue weighted by Crippen LogP contribution is 2.19. The maximum Gasteiger partial charge on any atom is 0.0320 e. The number of hydrogen-bond acceptors (Lipinski definition) is 2. The van der Waals surface area contributed by atoms with Crippen molar-refractivity contribution >= 4 is 0 Å². The highest BCUT2D eigenvalue weighted by Gasteiger charge is 2.19. The summed E-state index contributed by atoms with van der Waals surface area (Å²) in [6, 6.07) is 12.0. The van der Waals surface area contributed by atoms with Gasteiger partial charge in [0.1, 0.15) is 0 Å². The smallest absolute Gasteiger partial charge is 0.0320 e. The fourth-order valence-electron chi connectivity index (χ4n) is 2.98. The van der Waals surface area contributed by atoms with Crippen LogP contribution in [0.1, 0.15) is 51.1 Å². The molecule has 1 aromatic carbocycles. The van der Waals surface area contributed by atoms with Gasteiger partial charge in [0.25, 0.3) is 0 Å². The average molecular weight is 260 g/mol. The Bertz CT molecular complexity index is 344. The highest BCUT2D eigenvalue weighted by atomic mass is 15.2. The third-order valence-electron chi connectivity index (χ3n) is 4.20. The molecule has 2 heteroatoms. The van der Waals surface area contributed by atoms with Crippen molar-refractivity contribution in [3.63, 3.8) is 0 Å². The van der Waals surface area contributed by atoms with Crippen LogP contribution >= 0.6 is 0 Å². The fraction of sp³-hybridized carbons (Fsp3) is 0.647. The van der Waals surface area contributed by atoms with Crippen molar-refractivity contribution < 1.29 is 0 Å². The average Bonchev–Trinajstić information content (AvgIpc) is 2.98. The Morgan fingerprint density at radius 3 is 2.47 bits per heavy atom. The van der Waals surface area contributed by atoms with Crippen molar-refractivity contribution in [1.29, 1.82) is 0 Å². The lowest BCUT2D eigenvalue weighted by Gasteiger charge is -2.27. The van der Waals surface area contributed by atoms with Gasteiger partial charge in [0, 0.05) is 18.6 Å². The summed E-state index contributed by atoms with van der Waals surface area (Å²) in [7, 11) is 0. The standard InChI is InChI=1S/C17H28N2/c1-3-9-17(16-10-5-4-6-11-16)18-14-15(2)19-12-7-8-13-19/h4-6,10-11,15,17-18H,3,7-9,12-14H2,1-2H3. The van der Waals surface area contributed by atoms with Crippen molar-refractivity contribution in [3.05, 3.63) is 35.9 Å². The number of nitrogens with zero attached hydrogens (tertiary/aromatic N) is 1. The zero-order valence-corrected chi connectivity index (χ0v) is 12.4. The molecule has 2 nitrogen and oxygen atoms in total. The second-order valence-electron chi connectivity index (χ2n) is 5.75. The van der Waals surface area contributed by atoms with Crippen LogP contribution in [0.3, 0.4) is 0 Å². The molecule has 2 atom stereocenters. The summed E-state index contributed by atoms with van der Waals surface area (Å²) in [6.07, 6.45) is 5.20. The first kappa shape index (κ1) is 14.5. The number of rotatable bonds is 7. The Labute approximate surface area is 118 Å². The summed E-state index contributed by atoms with van der Waals surface area (Å²) >= 11 is 0. The minimum atomic E-state index is 0.510. The molecule has 0 amide bonds. The van der Waals surface area contributed by atoms with E-state index in [1.165, 1.54) is 44.3 Å². The zero-order chi connectivity index (χ0) is 13.5. The Morgan fingerprint density at radius 1 is 1.16 bits per heavy atom. The molecule has 0 spiro atoms. The van der Waals surface area contributed by atoms with Gasteiger partial charge in [-0.1, -0.05) is 43.7 Å². The largest absolute Gasteiger partial charge is 0.308 e. The molecule has 1 heterocycles. The van der Waals surface area contributed by atoms with Crippen LogP contribution in [0.2, 0.25) is 0 Å². The summed E-state index contributed by atoms with van der Waals surface area (Å²) in [5.74, 6) is 0. The first-order chi connectivity index (χ1) is 9.31. The van der Waals surface area contributed by atoms with Gasteiger partial charge in [0.15, 0.2) is 0 Å². The van der Waals surface area contributed by atoms with Gasteiger partial charge in [0.05, 0.1) is 0 Å². The number of benzene rings is 1. The molecule has 0 aliphatic carbocycles. The van der Waals surface area contributed by atoms with E-state index in [9.17, 15) is 0 Å². The van der Waals surface area contributed by atoms with Crippen molar-refractivity contribution in [1.82, 2.24) is 10.2 Å². The van der Waals surface area contributed by atoms with E-state index in [0.29, 0.717) is 12.1 Å². The van der Waals surface area contributed by atoms with Crippen LogP contribution in [-0.4, -0.2) is 30.6 Å². The number of hydrogen-bond donors (Lipinski definition) is 1. The topological polar surface area (TPSA) is 15.3 Å². The Kier molecular flexibility index (Phi) is 5.87. The van der Waals surface area contributed by atoms with E-state index in [4.69, 9.17) is 0 Å². The number of likely N-dealkylation sites (tertiary alicyclic amines) is 1. The van der Waals surface area contributed by atoms with Crippen molar-refractivity contribution in [3.8, 4) is 0 Å². The van der Waals surface area contributed by atoms with Gasteiger partial charge in [-0.3, -0.25) is 4.90 Å². The van der Waals surface area contributed by atoms with Crippen molar-refractivity contribution in [2.75, 3.05) is 19.6 Å². The van der Waals surface area contributed by atoms with E-state index >= 15 is 0 Å². The van der Waals surface area contributed by atoms with Crippen LogP contribution in [0.4, 0.5) is 0 Å². The van der Waals surface area contributed by atoms with E-state index in [1.807, 2.05) is 0 Å². The van der Waals surface area contributed by atoms with Gasteiger partial charge >= 0.3 is 0 Å². The maximum absolute atomic E-state index is 3.77. The molecule has 19 heavy (non-hydrogen) atoms. The first-order valence-corrected chi connectivity index (χ1v) is 7.83. The molecule has 1 saturated heterocycles. The molecular weight excluding hydrogens is 232 g/mol. The van der Waals surface area contributed by atoms with E-state index in [0.717, 1.165) is 6.54 Å². The van der Waals surface area contributed by atoms with E-state index < -0.39 is 0 Å². The minimum Gasteiger partial charge on any atom is -0.308 e. The normalized spacial score (nSPS) is 19.5. The van der Waals surface area contributed by atoms with Gasteiger partial charge in [0.2, 0.25) is 0 Å². The Balaban J connectivity index is 1.86. The van der Waals surface area contributed by atoms with E-state index in [2.05, 4.69) is 54.4 Å². The van der Waals surface area contributed by atoms with Gasteiger partial charge in [-0.15, -0.1) is 0 Å². The third-order valence-corrected chi connectivity index (χ3v) is 4.20. The first-order valence-electron chi connectivity index (χ1n) is 7.83. The quantitative estimate of drug-likeness (QED) is 0.806. The number of nitrogens with one attached hydrogen (secondary N) is 1. The predicted octanol–water partition coefficient (Wildman–Crippen LogP) is 3.60. The SMILES string of the molecule is CCCC(NCC(C)N1CCCC1)c1ccccc1. The van der Waals surface area contributed by atoms with Crippen molar-refractivity contribution in [2.45, 2.75) is 51.6 Å². The van der Waals surface area contributed by atoms with E-state index in [1.54, 1.807) is 0 Å². The predicted molar refractivity (Wildman–Crippen MR) is 82.4 cm³/mol. The lowest BCUT2D eigenvalue weighted by atomic mass is 10.0. The molecule has 1 fully saturated rings. The molecule has 1 aliphatic rings. The lowest BCUT2D eigenvalue weighted by molar-refractivity contribution is 0.244. The van der Waals surface area contributed by atoms with Crippen LogP contribution < -0.4 is 5.32 Å². The Morgan fingerprint density at radius 2 is 1.84 bits per heavy atom. The van der Waals surface area contributed by atoms with Crippen molar-refractivity contribution in [2.24, 2.45) is 0 Å². The van der Waals surface area contributed by atoms with Gasteiger partial charge < -0.3 is 5.32 Å². The summed E-state index contributed by atoms with van der Waals surface area (Å²) < 4.78 is 0. The molecule has 2 rings (SSSR count).